The summed E-state index contributed by atoms with van der Waals surface area (Å²) in [5, 5.41) is 0. The quantitative estimate of drug-likeness (QED) is 0.465. The Bertz CT molecular complexity index is 861. The molecule has 0 N–H and O–H groups in total. The monoisotopic (exact) mass is 384 g/mol. The Balaban J connectivity index is 1.71. The van der Waals surface area contributed by atoms with Gasteiger partial charge in [-0.2, -0.15) is 0 Å². The molecule has 28 heavy (non-hydrogen) atoms. The van der Waals surface area contributed by atoms with Gasteiger partial charge in [-0.15, -0.1) is 0 Å². The van der Waals surface area contributed by atoms with Crippen molar-refractivity contribution in [3.05, 3.63) is 95.3 Å². The normalized spacial score (nSPS) is 11.3. The maximum absolute atomic E-state index is 13.6. The van der Waals surface area contributed by atoms with Gasteiger partial charge >= 0.3 is 0 Å². The lowest BCUT2D eigenvalue weighted by atomic mass is 10.2. The van der Waals surface area contributed by atoms with Crippen LogP contribution >= 0.6 is 0 Å². The van der Waals surface area contributed by atoms with E-state index in [1.165, 1.54) is 18.2 Å². The fourth-order valence-electron chi connectivity index (χ4n) is 3.30. The fourth-order valence-corrected chi connectivity index (χ4v) is 3.30. The van der Waals surface area contributed by atoms with Crippen molar-refractivity contribution in [1.82, 2.24) is 9.47 Å². The molecule has 0 atom stereocenters. The van der Waals surface area contributed by atoms with Crippen molar-refractivity contribution >= 4 is 0 Å². The van der Waals surface area contributed by atoms with Gasteiger partial charge in [0.2, 0.25) is 0 Å². The summed E-state index contributed by atoms with van der Waals surface area (Å²) in [4.78, 5) is 2.30. The molecule has 0 bridgehead atoms. The molecule has 0 spiro atoms. The first-order valence-electron chi connectivity index (χ1n) is 9.48. The van der Waals surface area contributed by atoms with Crippen LogP contribution in [0.4, 0.5) is 8.78 Å². The summed E-state index contributed by atoms with van der Waals surface area (Å²) in [6, 6.07) is 17.4. The molecule has 0 aliphatic rings. The first-order valence-corrected chi connectivity index (χ1v) is 9.48. The van der Waals surface area contributed by atoms with E-state index in [-0.39, 0.29) is 11.6 Å². The van der Waals surface area contributed by atoms with Crippen LogP contribution in [0.1, 0.15) is 23.2 Å². The molecule has 5 heteroatoms. The standard InChI is InChI=1S/C23H26F2N2O/c1-28-14-4-12-26(16-20-5-2-6-22(25)15-20)18-23-7-3-13-27(23)17-19-8-10-21(24)11-9-19/h2-3,5-11,13,15H,4,12,14,16-18H2,1H3. The maximum atomic E-state index is 13.6. The average molecular weight is 384 g/mol. The molecule has 3 aromatic rings. The summed E-state index contributed by atoms with van der Waals surface area (Å²) in [6.07, 6.45) is 2.94. The minimum Gasteiger partial charge on any atom is -0.385 e. The van der Waals surface area contributed by atoms with Crippen molar-refractivity contribution < 1.29 is 13.5 Å². The van der Waals surface area contributed by atoms with E-state index < -0.39 is 0 Å². The van der Waals surface area contributed by atoms with Gasteiger partial charge in [-0.1, -0.05) is 24.3 Å². The predicted molar refractivity (Wildman–Crippen MR) is 107 cm³/mol. The third-order valence-electron chi connectivity index (χ3n) is 4.69. The maximum Gasteiger partial charge on any atom is 0.123 e. The Kier molecular flexibility index (Phi) is 7.34. The Morgan fingerprint density at radius 1 is 0.893 bits per heavy atom. The molecule has 148 valence electrons. The van der Waals surface area contributed by atoms with Crippen LogP contribution in [0.3, 0.4) is 0 Å². The Hall–Kier alpha value is -2.50. The summed E-state index contributed by atoms with van der Waals surface area (Å²) < 4.78 is 34.1. The summed E-state index contributed by atoms with van der Waals surface area (Å²) in [5.41, 5.74) is 3.17. The summed E-state index contributed by atoms with van der Waals surface area (Å²) in [6.45, 7) is 3.65. The molecule has 0 saturated carbocycles. The van der Waals surface area contributed by atoms with Crippen LogP contribution in [0.15, 0.2) is 66.9 Å². The van der Waals surface area contributed by atoms with Crippen LogP contribution in [-0.2, 0) is 24.4 Å². The van der Waals surface area contributed by atoms with E-state index in [1.807, 2.05) is 30.5 Å². The molecule has 1 heterocycles. The molecule has 0 aliphatic carbocycles. The average Bonchev–Trinajstić information content (AvgIpc) is 3.10. The fraction of sp³-hybridized carbons (Fsp3) is 0.304. The van der Waals surface area contributed by atoms with E-state index in [0.29, 0.717) is 19.7 Å². The van der Waals surface area contributed by atoms with Crippen molar-refractivity contribution in [1.29, 1.82) is 0 Å². The van der Waals surface area contributed by atoms with E-state index >= 15 is 0 Å². The van der Waals surface area contributed by atoms with Crippen LogP contribution in [-0.4, -0.2) is 29.7 Å². The van der Waals surface area contributed by atoms with Gasteiger partial charge < -0.3 is 9.30 Å². The predicted octanol–water partition coefficient (Wildman–Crippen LogP) is 4.85. The minimum absolute atomic E-state index is 0.214. The molecule has 0 unspecified atom stereocenters. The Morgan fingerprint density at radius 2 is 1.71 bits per heavy atom. The topological polar surface area (TPSA) is 17.4 Å². The zero-order valence-corrected chi connectivity index (χ0v) is 16.2. The van der Waals surface area contributed by atoms with Gasteiger partial charge in [0.1, 0.15) is 11.6 Å². The zero-order valence-electron chi connectivity index (χ0n) is 16.2. The second-order valence-corrected chi connectivity index (χ2v) is 6.94. The third kappa shape index (κ3) is 6.01. The first kappa shape index (κ1) is 20.2. The molecule has 0 radical (unpaired) electrons. The van der Waals surface area contributed by atoms with E-state index in [4.69, 9.17) is 4.74 Å². The van der Waals surface area contributed by atoms with Crippen molar-refractivity contribution in [2.45, 2.75) is 26.1 Å². The van der Waals surface area contributed by atoms with Crippen LogP contribution < -0.4 is 0 Å². The third-order valence-corrected chi connectivity index (χ3v) is 4.69. The lowest BCUT2D eigenvalue weighted by Gasteiger charge is -2.23. The number of ether oxygens (including phenoxy) is 1. The molecule has 3 rings (SSSR count). The Labute approximate surface area is 165 Å². The van der Waals surface area contributed by atoms with Crippen molar-refractivity contribution in [2.75, 3.05) is 20.3 Å². The van der Waals surface area contributed by atoms with E-state index in [9.17, 15) is 8.78 Å². The van der Waals surface area contributed by atoms with Gasteiger partial charge in [0.15, 0.2) is 0 Å². The highest BCUT2D eigenvalue weighted by atomic mass is 19.1. The zero-order chi connectivity index (χ0) is 19.8. The summed E-state index contributed by atoms with van der Waals surface area (Å²) >= 11 is 0. The Morgan fingerprint density at radius 3 is 2.46 bits per heavy atom. The van der Waals surface area contributed by atoms with Gasteiger partial charge in [-0.3, -0.25) is 4.90 Å². The molecule has 0 fully saturated rings. The minimum atomic E-state index is -0.226. The number of hydrogen-bond acceptors (Lipinski definition) is 2. The van der Waals surface area contributed by atoms with Crippen molar-refractivity contribution in [3.8, 4) is 0 Å². The molecule has 1 aromatic heterocycles. The highest BCUT2D eigenvalue weighted by Crippen LogP contribution is 2.15. The molecule has 0 saturated heterocycles. The van der Waals surface area contributed by atoms with Gasteiger partial charge in [-0.25, -0.2) is 8.78 Å². The lowest BCUT2D eigenvalue weighted by Crippen LogP contribution is -2.26. The van der Waals surface area contributed by atoms with Crippen molar-refractivity contribution in [2.24, 2.45) is 0 Å². The van der Waals surface area contributed by atoms with Crippen molar-refractivity contribution in [3.63, 3.8) is 0 Å². The summed E-state index contributed by atoms with van der Waals surface area (Å²) in [7, 11) is 1.70. The van der Waals surface area contributed by atoms with E-state index in [0.717, 1.165) is 36.3 Å². The van der Waals surface area contributed by atoms with Crippen LogP contribution in [0.2, 0.25) is 0 Å². The number of benzene rings is 2. The lowest BCUT2D eigenvalue weighted by molar-refractivity contribution is 0.165. The molecular weight excluding hydrogens is 358 g/mol. The second-order valence-electron chi connectivity index (χ2n) is 6.94. The molecule has 2 aromatic carbocycles. The molecule has 0 amide bonds. The highest BCUT2D eigenvalue weighted by Gasteiger charge is 2.11. The molecule has 3 nitrogen and oxygen atoms in total. The van der Waals surface area contributed by atoms with Crippen LogP contribution in [0, 0.1) is 11.6 Å². The smallest absolute Gasteiger partial charge is 0.123 e. The highest BCUT2D eigenvalue weighted by molar-refractivity contribution is 5.19. The van der Waals surface area contributed by atoms with Gasteiger partial charge in [0.05, 0.1) is 0 Å². The van der Waals surface area contributed by atoms with Gasteiger partial charge in [0, 0.05) is 51.8 Å². The van der Waals surface area contributed by atoms with E-state index in [1.54, 1.807) is 19.2 Å². The first-order chi connectivity index (χ1) is 13.6. The number of methoxy groups -OCH3 is 1. The summed E-state index contributed by atoms with van der Waals surface area (Å²) in [5.74, 6) is -0.440. The van der Waals surface area contributed by atoms with Gasteiger partial charge in [-0.05, 0) is 53.9 Å². The molecule has 0 aliphatic heterocycles. The largest absolute Gasteiger partial charge is 0.385 e. The number of aromatic nitrogens is 1. The number of hydrogen-bond donors (Lipinski definition) is 0. The van der Waals surface area contributed by atoms with E-state index in [2.05, 4.69) is 15.5 Å². The van der Waals surface area contributed by atoms with Gasteiger partial charge in [0.25, 0.3) is 0 Å². The second kappa shape index (κ2) is 10.2. The number of nitrogens with zero attached hydrogens (tertiary/aromatic N) is 2. The van der Waals surface area contributed by atoms with Crippen LogP contribution in [0.5, 0.6) is 0 Å². The molecular formula is C23H26F2N2O. The SMILES string of the molecule is COCCCN(Cc1cccc(F)c1)Cc1cccn1Cc1ccc(F)cc1. The number of rotatable bonds is 10. The number of halogens is 2. The van der Waals surface area contributed by atoms with Crippen LogP contribution in [0.25, 0.3) is 0 Å².